The van der Waals surface area contributed by atoms with Crippen molar-refractivity contribution in [2.24, 2.45) is 0 Å². The number of benzene rings is 1. The lowest BCUT2D eigenvalue weighted by atomic mass is 10.1. The molecule has 124 valence electrons. The molecule has 3 aromatic rings. The van der Waals surface area contributed by atoms with Crippen molar-refractivity contribution in [2.45, 2.75) is 13.1 Å². The number of halogens is 3. The van der Waals surface area contributed by atoms with E-state index < -0.39 is 23.3 Å². The van der Waals surface area contributed by atoms with Gasteiger partial charge in [-0.1, -0.05) is 6.07 Å². The van der Waals surface area contributed by atoms with Gasteiger partial charge in [-0.3, -0.25) is 9.89 Å². The number of H-pyrrole nitrogens is 1. The van der Waals surface area contributed by atoms with Gasteiger partial charge in [0.2, 0.25) is 0 Å². The number of nitrogens with one attached hydrogen (secondary N) is 2. The quantitative estimate of drug-likeness (QED) is 0.761. The molecule has 0 aliphatic heterocycles. The van der Waals surface area contributed by atoms with Gasteiger partial charge in [-0.15, -0.1) is 5.10 Å². The van der Waals surface area contributed by atoms with Crippen LogP contribution in [0.1, 0.15) is 21.7 Å². The Hall–Kier alpha value is -3.24. The lowest BCUT2D eigenvalue weighted by molar-refractivity contribution is -0.141. The fourth-order valence-electron chi connectivity index (χ4n) is 2.11. The zero-order valence-corrected chi connectivity index (χ0v) is 12.2. The van der Waals surface area contributed by atoms with Gasteiger partial charge in [0.05, 0.1) is 11.3 Å². The molecule has 0 aliphatic carbocycles. The van der Waals surface area contributed by atoms with Gasteiger partial charge in [-0.05, 0) is 35.5 Å². The third-order valence-electron chi connectivity index (χ3n) is 3.16. The van der Waals surface area contributed by atoms with Gasteiger partial charge in [-0.2, -0.15) is 18.3 Å². The minimum atomic E-state index is -4.73. The predicted molar refractivity (Wildman–Crippen MR) is 75.4 cm³/mol. The molecule has 0 aliphatic rings. The van der Waals surface area contributed by atoms with E-state index in [-0.39, 0.29) is 5.69 Å². The summed E-state index contributed by atoms with van der Waals surface area (Å²) >= 11 is 0. The zero-order valence-electron chi connectivity index (χ0n) is 12.2. The second-order valence-corrected chi connectivity index (χ2v) is 4.83. The maximum absolute atomic E-state index is 12.9. The molecule has 0 unspecified atom stereocenters. The molecule has 2 aromatic heterocycles. The summed E-state index contributed by atoms with van der Waals surface area (Å²) in [5, 5.41) is 18.4. The largest absolute Gasteiger partial charge is 0.435 e. The molecule has 0 fully saturated rings. The van der Waals surface area contributed by atoms with Crippen molar-refractivity contribution in [3.05, 3.63) is 47.5 Å². The molecule has 1 aromatic carbocycles. The van der Waals surface area contributed by atoms with Gasteiger partial charge >= 0.3 is 6.18 Å². The third kappa shape index (κ3) is 2.95. The lowest BCUT2D eigenvalue weighted by Crippen LogP contribution is -2.18. The Balaban J connectivity index is 1.89. The molecule has 11 heteroatoms. The highest BCUT2D eigenvalue weighted by Crippen LogP contribution is 2.31. The first-order valence-corrected chi connectivity index (χ1v) is 6.63. The number of hydrogen-bond acceptors (Lipinski definition) is 5. The number of nitrogens with zero attached hydrogens (tertiary/aromatic N) is 5. The average molecular weight is 337 g/mol. The molecule has 0 spiro atoms. The van der Waals surface area contributed by atoms with Crippen LogP contribution in [-0.2, 0) is 6.18 Å². The van der Waals surface area contributed by atoms with Gasteiger partial charge in [0, 0.05) is 11.4 Å². The molecule has 24 heavy (non-hydrogen) atoms. The number of aromatic nitrogens is 6. The number of carbonyl (C=O) groups excluding carboxylic acids is 1. The van der Waals surface area contributed by atoms with Crippen molar-refractivity contribution in [2.75, 3.05) is 5.32 Å². The first-order valence-electron chi connectivity index (χ1n) is 6.63. The Labute approximate surface area is 132 Å². The van der Waals surface area contributed by atoms with E-state index in [1.165, 1.54) is 30.1 Å². The molecular formula is C13H10F3N7O. The molecule has 0 saturated carbocycles. The highest BCUT2D eigenvalue weighted by molar-refractivity contribution is 6.06. The monoisotopic (exact) mass is 337 g/mol. The molecular weight excluding hydrogens is 327 g/mol. The molecule has 2 N–H and O–H groups in total. The first-order chi connectivity index (χ1) is 11.4. The summed E-state index contributed by atoms with van der Waals surface area (Å²) in [7, 11) is 0. The van der Waals surface area contributed by atoms with Crippen LogP contribution in [0.5, 0.6) is 0 Å². The average Bonchev–Trinajstić information content (AvgIpc) is 3.16. The van der Waals surface area contributed by atoms with Gasteiger partial charge in [-0.25, -0.2) is 4.68 Å². The van der Waals surface area contributed by atoms with Gasteiger partial charge in [0.15, 0.2) is 5.69 Å². The molecule has 0 atom stereocenters. The number of aryl methyl sites for hydroxylation is 1. The maximum Gasteiger partial charge on any atom is 0.435 e. The van der Waals surface area contributed by atoms with Crippen LogP contribution in [0.2, 0.25) is 0 Å². The van der Waals surface area contributed by atoms with E-state index in [2.05, 4.69) is 31.0 Å². The van der Waals surface area contributed by atoms with Crippen LogP contribution in [0, 0.1) is 6.92 Å². The van der Waals surface area contributed by atoms with Crippen molar-refractivity contribution in [3.63, 3.8) is 0 Å². The zero-order chi connectivity index (χ0) is 17.3. The standard InChI is InChI=1S/C13H10F3N7O/c1-7-10(11(20-19-7)13(14,15)16)12(24)18-8-3-2-4-9(5-8)23-6-17-21-22-23/h2-6H,1H3,(H,18,24)(H,19,20). The van der Waals surface area contributed by atoms with Crippen molar-refractivity contribution < 1.29 is 18.0 Å². The Morgan fingerprint density at radius 2 is 2.12 bits per heavy atom. The van der Waals surface area contributed by atoms with Gasteiger partial charge in [0.25, 0.3) is 5.91 Å². The van der Waals surface area contributed by atoms with E-state index in [4.69, 9.17) is 0 Å². The van der Waals surface area contributed by atoms with Gasteiger partial charge < -0.3 is 5.32 Å². The van der Waals surface area contributed by atoms with Gasteiger partial charge in [0.1, 0.15) is 6.33 Å². The Morgan fingerprint density at radius 1 is 1.33 bits per heavy atom. The summed E-state index contributed by atoms with van der Waals surface area (Å²) in [6.07, 6.45) is -3.38. The molecule has 0 bridgehead atoms. The van der Waals surface area contributed by atoms with Crippen LogP contribution in [0.4, 0.5) is 18.9 Å². The second-order valence-electron chi connectivity index (χ2n) is 4.83. The maximum atomic E-state index is 12.9. The number of carbonyl (C=O) groups is 1. The Kier molecular flexibility index (Phi) is 3.75. The minimum absolute atomic E-state index is 0.0245. The summed E-state index contributed by atoms with van der Waals surface area (Å²) in [6, 6.07) is 6.35. The molecule has 8 nitrogen and oxygen atoms in total. The van der Waals surface area contributed by atoms with Crippen LogP contribution in [0.25, 0.3) is 5.69 Å². The first kappa shape index (κ1) is 15.6. The molecule has 3 rings (SSSR count). The van der Waals surface area contributed by atoms with Crippen molar-refractivity contribution >= 4 is 11.6 Å². The number of hydrogen-bond donors (Lipinski definition) is 2. The number of rotatable bonds is 3. The third-order valence-corrected chi connectivity index (χ3v) is 3.16. The number of aromatic amines is 1. The lowest BCUT2D eigenvalue weighted by Gasteiger charge is -2.09. The minimum Gasteiger partial charge on any atom is -0.322 e. The van der Waals surface area contributed by atoms with Crippen LogP contribution in [-0.4, -0.2) is 36.3 Å². The highest BCUT2D eigenvalue weighted by Gasteiger charge is 2.39. The number of tetrazole rings is 1. The summed E-state index contributed by atoms with van der Waals surface area (Å²) in [5.74, 6) is -0.914. The molecule has 2 heterocycles. The molecule has 1 amide bonds. The van der Waals surface area contributed by atoms with Crippen LogP contribution >= 0.6 is 0 Å². The predicted octanol–water partition coefficient (Wildman–Crippen LogP) is 1.96. The summed E-state index contributed by atoms with van der Waals surface area (Å²) in [5.41, 5.74) is -0.944. The van der Waals surface area contributed by atoms with E-state index in [0.29, 0.717) is 11.4 Å². The SMILES string of the molecule is Cc1[nH]nc(C(F)(F)F)c1C(=O)Nc1cccc(-n2cnnn2)c1. The van der Waals surface area contributed by atoms with Crippen LogP contribution in [0.15, 0.2) is 30.6 Å². The smallest absolute Gasteiger partial charge is 0.322 e. The molecule has 0 radical (unpaired) electrons. The van der Waals surface area contributed by atoms with E-state index in [0.717, 1.165) is 0 Å². The second kappa shape index (κ2) is 5.76. The van der Waals surface area contributed by atoms with E-state index in [1.54, 1.807) is 12.1 Å². The van der Waals surface area contributed by atoms with Crippen molar-refractivity contribution in [1.29, 1.82) is 0 Å². The summed E-state index contributed by atoms with van der Waals surface area (Å²) < 4.78 is 40.1. The van der Waals surface area contributed by atoms with E-state index in [1.807, 2.05) is 0 Å². The molecule has 0 saturated heterocycles. The van der Waals surface area contributed by atoms with Crippen LogP contribution < -0.4 is 5.32 Å². The Morgan fingerprint density at radius 3 is 2.79 bits per heavy atom. The Bertz CT molecular complexity index is 870. The summed E-state index contributed by atoms with van der Waals surface area (Å²) in [4.78, 5) is 12.2. The fraction of sp³-hybridized carbons (Fsp3) is 0.154. The number of alkyl halides is 3. The van der Waals surface area contributed by atoms with E-state index in [9.17, 15) is 18.0 Å². The fourth-order valence-corrected chi connectivity index (χ4v) is 2.11. The number of amides is 1. The van der Waals surface area contributed by atoms with E-state index >= 15 is 0 Å². The van der Waals surface area contributed by atoms with Crippen molar-refractivity contribution in [1.82, 2.24) is 30.4 Å². The normalized spacial score (nSPS) is 11.5. The number of anilines is 1. The highest BCUT2D eigenvalue weighted by atomic mass is 19.4. The summed E-state index contributed by atoms with van der Waals surface area (Å²) in [6.45, 7) is 1.34. The topological polar surface area (TPSA) is 101 Å². The van der Waals surface area contributed by atoms with Crippen LogP contribution in [0.3, 0.4) is 0 Å². The van der Waals surface area contributed by atoms with Crippen molar-refractivity contribution in [3.8, 4) is 5.69 Å².